The summed E-state index contributed by atoms with van der Waals surface area (Å²) in [6.45, 7) is 3.99. The second-order valence-electron chi connectivity index (χ2n) is 5.78. The smallest absolute Gasteiger partial charge is 0.232 e. The van der Waals surface area contributed by atoms with Crippen molar-refractivity contribution < 1.29 is 4.79 Å². The first kappa shape index (κ1) is 14.8. The third-order valence-electron chi connectivity index (χ3n) is 3.22. The van der Waals surface area contributed by atoms with Gasteiger partial charge in [-0.25, -0.2) is 0 Å². The molecule has 0 unspecified atom stereocenters. The number of thioether (sulfide) groups is 1. The number of carbonyl (C=O) groups excluding carboxylic acids is 1. The van der Waals surface area contributed by atoms with E-state index in [1.807, 2.05) is 25.8 Å². The second-order valence-corrected chi connectivity index (χ2v) is 6.76. The zero-order chi connectivity index (χ0) is 12.9. The first-order valence-electron chi connectivity index (χ1n) is 6.52. The topological polar surface area (TPSA) is 46.3 Å². The normalized spacial score (nSPS) is 18.1. The van der Waals surface area contributed by atoms with Crippen molar-refractivity contribution in [2.24, 2.45) is 5.73 Å². The standard InChI is InChI=1S/C13H26N2OS/c1-13(2,14)10-17-9-12(16)15(3)11-7-5-4-6-8-11/h11H,4-10,14H2,1-3H3. The lowest BCUT2D eigenvalue weighted by atomic mass is 9.94. The summed E-state index contributed by atoms with van der Waals surface area (Å²) in [5.74, 6) is 1.65. The molecule has 1 rings (SSSR count). The maximum atomic E-state index is 12.0. The number of nitrogens with two attached hydrogens (primary N) is 1. The highest BCUT2D eigenvalue weighted by atomic mass is 32.2. The minimum Gasteiger partial charge on any atom is -0.342 e. The molecule has 100 valence electrons. The molecule has 0 heterocycles. The van der Waals surface area contributed by atoms with E-state index in [1.54, 1.807) is 11.8 Å². The van der Waals surface area contributed by atoms with E-state index in [0.29, 0.717) is 11.8 Å². The molecule has 0 aromatic carbocycles. The van der Waals surface area contributed by atoms with E-state index in [2.05, 4.69) is 0 Å². The fourth-order valence-corrected chi connectivity index (χ4v) is 3.18. The van der Waals surface area contributed by atoms with Crippen LogP contribution in [-0.2, 0) is 4.79 Å². The Hall–Kier alpha value is -0.220. The Kier molecular flexibility index (Phi) is 5.80. The molecular weight excluding hydrogens is 232 g/mol. The highest BCUT2D eigenvalue weighted by Gasteiger charge is 2.22. The molecule has 0 radical (unpaired) electrons. The Morgan fingerprint density at radius 1 is 1.35 bits per heavy atom. The summed E-state index contributed by atoms with van der Waals surface area (Å²) in [5, 5.41) is 0. The van der Waals surface area contributed by atoms with Crippen molar-refractivity contribution in [3.63, 3.8) is 0 Å². The SMILES string of the molecule is CN(C(=O)CSCC(C)(C)N)C1CCCCC1. The van der Waals surface area contributed by atoms with Crippen molar-refractivity contribution in [2.75, 3.05) is 18.6 Å². The number of rotatable bonds is 5. The van der Waals surface area contributed by atoms with Crippen molar-refractivity contribution in [2.45, 2.75) is 57.5 Å². The van der Waals surface area contributed by atoms with Gasteiger partial charge in [0.15, 0.2) is 0 Å². The van der Waals surface area contributed by atoms with E-state index in [-0.39, 0.29) is 11.4 Å². The van der Waals surface area contributed by atoms with Gasteiger partial charge in [0, 0.05) is 24.4 Å². The molecule has 0 aromatic heterocycles. The van der Waals surface area contributed by atoms with E-state index < -0.39 is 0 Å². The van der Waals surface area contributed by atoms with Crippen molar-refractivity contribution >= 4 is 17.7 Å². The van der Waals surface area contributed by atoms with Crippen LogP contribution >= 0.6 is 11.8 Å². The predicted molar refractivity (Wildman–Crippen MR) is 75.2 cm³/mol. The lowest BCUT2D eigenvalue weighted by Crippen LogP contribution is -2.40. The molecule has 0 aliphatic heterocycles. The number of hydrogen-bond acceptors (Lipinski definition) is 3. The van der Waals surface area contributed by atoms with Crippen LogP contribution < -0.4 is 5.73 Å². The number of carbonyl (C=O) groups is 1. The largest absolute Gasteiger partial charge is 0.342 e. The van der Waals surface area contributed by atoms with Gasteiger partial charge in [0.25, 0.3) is 0 Å². The Bertz CT molecular complexity index is 244. The van der Waals surface area contributed by atoms with Crippen LogP contribution in [0.5, 0.6) is 0 Å². The molecular formula is C13H26N2OS. The van der Waals surface area contributed by atoms with Gasteiger partial charge in [-0.05, 0) is 26.7 Å². The molecule has 1 aliphatic rings. The van der Waals surface area contributed by atoms with Crippen LogP contribution in [0.15, 0.2) is 0 Å². The summed E-state index contributed by atoms with van der Waals surface area (Å²) in [4.78, 5) is 13.9. The van der Waals surface area contributed by atoms with Crippen molar-refractivity contribution in [1.82, 2.24) is 4.90 Å². The molecule has 1 fully saturated rings. The number of hydrogen-bond donors (Lipinski definition) is 1. The summed E-state index contributed by atoms with van der Waals surface area (Å²) in [6.07, 6.45) is 6.22. The Morgan fingerprint density at radius 2 is 1.94 bits per heavy atom. The fourth-order valence-electron chi connectivity index (χ4n) is 2.18. The van der Waals surface area contributed by atoms with E-state index in [0.717, 1.165) is 5.75 Å². The third kappa shape index (κ3) is 5.77. The maximum absolute atomic E-state index is 12.0. The van der Waals surface area contributed by atoms with Crippen LogP contribution in [0.25, 0.3) is 0 Å². The zero-order valence-corrected chi connectivity index (χ0v) is 12.2. The van der Waals surface area contributed by atoms with Gasteiger partial charge in [0.1, 0.15) is 0 Å². The lowest BCUT2D eigenvalue weighted by Gasteiger charge is -2.31. The van der Waals surface area contributed by atoms with Crippen LogP contribution in [0.1, 0.15) is 46.0 Å². The van der Waals surface area contributed by atoms with Crippen LogP contribution in [0, 0.1) is 0 Å². The zero-order valence-electron chi connectivity index (χ0n) is 11.4. The monoisotopic (exact) mass is 258 g/mol. The highest BCUT2D eigenvalue weighted by molar-refractivity contribution is 8.00. The molecule has 0 spiro atoms. The van der Waals surface area contributed by atoms with Crippen LogP contribution in [0.3, 0.4) is 0 Å². The van der Waals surface area contributed by atoms with Crippen molar-refractivity contribution in [3.8, 4) is 0 Å². The molecule has 3 nitrogen and oxygen atoms in total. The van der Waals surface area contributed by atoms with Gasteiger partial charge in [-0.15, -0.1) is 0 Å². The van der Waals surface area contributed by atoms with Gasteiger partial charge in [-0.2, -0.15) is 11.8 Å². The molecule has 0 aromatic rings. The Balaban J connectivity index is 2.26. The molecule has 1 amide bonds. The molecule has 1 saturated carbocycles. The Morgan fingerprint density at radius 3 is 2.47 bits per heavy atom. The molecule has 4 heteroatoms. The molecule has 0 bridgehead atoms. The van der Waals surface area contributed by atoms with E-state index in [4.69, 9.17) is 5.73 Å². The molecule has 17 heavy (non-hydrogen) atoms. The average Bonchev–Trinajstić information content (AvgIpc) is 2.27. The summed E-state index contributed by atoms with van der Waals surface area (Å²) < 4.78 is 0. The van der Waals surface area contributed by atoms with E-state index in [1.165, 1.54) is 32.1 Å². The quantitative estimate of drug-likeness (QED) is 0.822. The van der Waals surface area contributed by atoms with Gasteiger partial charge in [0.05, 0.1) is 5.75 Å². The van der Waals surface area contributed by atoms with Crippen LogP contribution in [0.2, 0.25) is 0 Å². The van der Waals surface area contributed by atoms with E-state index >= 15 is 0 Å². The van der Waals surface area contributed by atoms with Crippen LogP contribution in [0.4, 0.5) is 0 Å². The Labute approximate surface area is 109 Å². The first-order valence-corrected chi connectivity index (χ1v) is 7.68. The van der Waals surface area contributed by atoms with Gasteiger partial charge in [0.2, 0.25) is 5.91 Å². The van der Waals surface area contributed by atoms with Gasteiger partial charge >= 0.3 is 0 Å². The average molecular weight is 258 g/mol. The summed E-state index contributed by atoms with van der Waals surface area (Å²) in [5.41, 5.74) is 5.71. The molecule has 0 saturated heterocycles. The lowest BCUT2D eigenvalue weighted by molar-refractivity contribution is -0.129. The highest BCUT2D eigenvalue weighted by Crippen LogP contribution is 2.22. The first-order chi connectivity index (χ1) is 7.90. The minimum atomic E-state index is -0.186. The van der Waals surface area contributed by atoms with Crippen molar-refractivity contribution in [1.29, 1.82) is 0 Å². The predicted octanol–water partition coefficient (Wildman–Crippen LogP) is 2.25. The molecule has 1 aliphatic carbocycles. The second kappa shape index (κ2) is 6.64. The van der Waals surface area contributed by atoms with E-state index in [9.17, 15) is 4.79 Å². The summed E-state index contributed by atoms with van der Waals surface area (Å²) in [6, 6.07) is 0.475. The van der Waals surface area contributed by atoms with Crippen LogP contribution in [-0.4, -0.2) is 40.9 Å². The van der Waals surface area contributed by atoms with Gasteiger partial charge in [-0.3, -0.25) is 4.79 Å². The molecule has 2 N–H and O–H groups in total. The van der Waals surface area contributed by atoms with Gasteiger partial charge in [-0.1, -0.05) is 19.3 Å². The maximum Gasteiger partial charge on any atom is 0.232 e. The fraction of sp³-hybridized carbons (Fsp3) is 0.923. The summed E-state index contributed by atoms with van der Waals surface area (Å²) in [7, 11) is 1.95. The molecule has 0 atom stereocenters. The summed E-state index contributed by atoms with van der Waals surface area (Å²) >= 11 is 1.64. The number of nitrogens with zero attached hydrogens (tertiary/aromatic N) is 1. The third-order valence-corrected chi connectivity index (χ3v) is 4.61. The minimum absolute atomic E-state index is 0.186. The van der Waals surface area contributed by atoms with Crippen molar-refractivity contribution in [3.05, 3.63) is 0 Å². The van der Waals surface area contributed by atoms with Gasteiger partial charge < -0.3 is 10.6 Å². The number of amides is 1.